The molecule has 0 heterocycles. The molecule has 1 aromatic carbocycles. The van der Waals surface area contributed by atoms with Crippen molar-refractivity contribution >= 4 is 11.5 Å². The van der Waals surface area contributed by atoms with E-state index < -0.39 is 0 Å². The van der Waals surface area contributed by atoms with Gasteiger partial charge in [-0.1, -0.05) is 0 Å². The van der Waals surface area contributed by atoms with Gasteiger partial charge in [-0.05, 0) is 50.5 Å². The van der Waals surface area contributed by atoms with E-state index in [9.17, 15) is 4.79 Å². The van der Waals surface area contributed by atoms with Crippen LogP contribution in [0.5, 0.6) is 0 Å². The second-order valence-electron chi connectivity index (χ2n) is 4.65. The zero-order valence-corrected chi connectivity index (χ0v) is 10.4. The molecule has 1 aromatic rings. The number of hydrogen-bond acceptors (Lipinski definition) is 3. The molecule has 0 spiro atoms. The predicted molar refractivity (Wildman–Crippen MR) is 68.5 cm³/mol. The van der Waals surface area contributed by atoms with E-state index in [4.69, 9.17) is 4.74 Å². The molecule has 2 atom stereocenters. The Morgan fingerprint density at radius 2 is 2.00 bits per heavy atom. The van der Waals surface area contributed by atoms with Gasteiger partial charge in [0.1, 0.15) is 0 Å². The van der Waals surface area contributed by atoms with Crippen molar-refractivity contribution in [1.29, 1.82) is 0 Å². The first-order valence-electron chi connectivity index (χ1n) is 6.09. The minimum Gasteiger partial charge on any atom is -0.382 e. The molecule has 0 radical (unpaired) electrons. The van der Waals surface area contributed by atoms with E-state index in [-0.39, 0.29) is 5.78 Å². The Morgan fingerprint density at radius 1 is 1.29 bits per heavy atom. The summed E-state index contributed by atoms with van der Waals surface area (Å²) in [5, 5.41) is 3.48. The van der Waals surface area contributed by atoms with Crippen LogP contribution >= 0.6 is 0 Å². The van der Waals surface area contributed by atoms with Gasteiger partial charge < -0.3 is 10.1 Å². The Balaban J connectivity index is 1.93. The molecule has 1 aliphatic rings. The average Bonchev–Trinajstić information content (AvgIpc) is 2.77. The number of Topliss-reactive ketones (excluding diaryl/α,β-unsaturated/α-hetero) is 1. The number of ether oxygens (including phenoxy) is 1. The van der Waals surface area contributed by atoms with Crippen LogP contribution in [0.4, 0.5) is 5.69 Å². The summed E-state index contributed by atoms with van der Waals surface area (Å²) in [4.78, 5) is 11.1. The summed E-state index contributed by atoms with van der Waals surface area (Å²) in [6.07, 6.45) is 3.72. The summed E-state index contributed by atoms with van der Waals surface area (Å²) in [6, 6.07) is 8.16. The normalized spacial score (nSPS) is 23.6. The second-order valence-corrected chi connectivity index (χ2v) is 4.65. The first-order valence-corrected chi connectivity index (χ1v) is 6.09. The third-order valence-electron chi connectivity index (χ3n) is 3.38. The number of nitrogens with one attached hydrogen (secondary N) is 1. The Kier molecular flexibility index (Phi) is 3.79. The fourth-order valence-electron chi connectivity index (χ4n) is 2.32. The van der Waals surface area contributed by atoms with Crippen LogP contribution in [0.2, 0.25) is 0 Å². The molecule has 2 unspecified atom stereocenters. The number of carbonyl (C=O) groups is 1. The zero-order valence-electron chi connectivity index (χ0n) is 10.4. The van der Waals surface area contributed by atoms with Crippen LogP contribution in [-0.4, -0.2) is 25.0 Å². The van der Waals surface area contributed by atoms with Crippen molar-refractivity contribution in [3.8, 4) is 0 Å². The fourth-order valence-corrected chi connectivity index (χ4v) is 2.32. The molecule has 0 aromatic heterocycles. The Hall–Kier alpha value is -1.35. The molecule has 1 aliphatic carbocycles. The van der Waals surface area contributed by atoms with Crippen LogP contribution in [0.15, 0.2) is 24.3 Å². The van der Waals surface area contributed by atoms with Crippen LogP contribution in [0.3, 0.4) is 0 Å². The molecule has 0 bridgehead atoms. The lowest BCUT2D eigenvalue weighted by atomic mass is 10.1. The number of carbonyl (C=O) groups excluding carboxylic acids is 1. The molecular formula is C14H19NO2. The number of rotatable bonds is 4. The molecule has 1 fully saturated rings. The maximum Gasteiger partial charge on any atom is 0.159 e. The monoisotopic (exact) mass is 233 g/mol. The van der Waals surface area contributed by atoms with E-state index >= 15 is 0 Å². The molecule has 0 amide bonds. The SMILES string of the molecule is COC1CCC(Nc2ccc(C(C)=O)cc2)C1. The van der Waals surface area contributed by atoms with Gasteiger partial charge in [-0.15, -0.1) is 0 Å². The summed E-state index contributed by atoms with van der Waals surface area (Å²) < 4.78 is 5.34. The van der Waals surface area contributed by atoms with Crippen molar-refractivity contribution in [2.45, 2.75) is 38.3 Å². The van der Waals surface area contributed by atoms with E-state index in [1.54, 1.807) is 14.0 Å². The number of anilines is 1. The summed E-state index contributed by atoms with van der Waals surface area (Å²) in [5.41, 5.74) is 1.84. The number of ketones is 1. The van der Waals surface area contributed by atoms with Gasteiger partial charge >= 0.3 is 0 Å². The number of methoxy groups -OCH3 is 1. The molecule has 17 heavy (non-hydrogen) atoms. The van der Waals surface area contributed by atoms with Gasteiger partial charge in [0.05, 0.1) is 6.10 Å². The van der Waals surface area contributed by atoms with Gasteiger partial charge in [0, 0.05) is 24.4 Å². The Morgan fingerprint density at radius 3 is 2.53 bits per heavy atom. The molecule has 0 aliphatic heterocycles. The van der Waals surface area contributed by atoms with Crippen molar-refractivity contribution in [2.75, 3.05) is 12.4 Å². The van der Waals surface area contributed by atoms with E-state index in [2.05, 4.69) is 5.32 Å². The minimum atomic E-state index is 0.108. The number of benzene rings is 1. The molecule has 2 rings (SSSR count). The highest BCUT2D eigenvalue weighted by Gasteiger charge is 2.23. The average molecular weight is 233 g/mol. The molecule has 3 nitrogen and oxygen atoms in total. The first-order chi connectivity index (χ1) is 8.19. The molecule has 1 N–H and O–H groups in total. The van der Waals surface area contributed by atoms with Crippen molar-refractivity contribution in [1.82, 2.24) is 0 Å². The zero-order chi connectivity index (χ0) is 12.3. The maximum atomic E-state index is 11.1. The molecule has 1 saturated carbocycles. The lowest BCUT2D eigenvalue weighted by molar-refractivity contribution is 0.101. The maximum absolute atomic E-state index is 11.1. The standard InChI is InChI=1S/C14H19NO2/c1-10(16)11-3-5-12(6-4-11)15-13-7-8-14(9-13)17-2/h3-6,13-15H,7-9H2,1-2H3. The van der Waals surface area contributed by atoms with Crippen LogP contribution in [0, 0.1) is 0 Å². The van der Waals surface area contributed by atoms with E-state index in [0.717, 1.165) is 30.5 Å². The summed E-state index contributed by atoms with van der Waals surface area (Å²) >= 11 is 0. The lowest BCUT2D eigenvalue weighted by Crippen LogP contribution is -2.17. The topological polar surface area (TPSA) is 38.3 Å². The van der Waals surface area contributed by atoms with Crippen LogP contribution in [-0.2, 0) is 4.74 Å². The van der Waals surface area contributed by atoms with Crippen molar-refractivity contribution < 1.29 is 9.53 Å². The smallest absolute Gasteiger partial charge is 0.159 e. The van der Waals surface area contributed by atoms with Gasteiger partial charge in [0.15, 0.2) is 5.78 Å². The van der Waals surface area contributed by atoms with Crippen molar-refractivity contribution in [2.24, 2.45) is 0 Å². The predicted octanol–water partition coefficient (Wildman–Crippen LogP) is 2.87. The van der Waals surface area contributed by atoms with E-state index in [1.165, 1.54) is 0 Å². The molecule has 3 heteroatoms. The van der Waals surface area contributed by atoms with Crippen LogP contribution < -0.4 is 5.32 Å². The van der Waals surface area contributed by atoms with Crippen molar-refractivity contribution in [3.63, 3.8) is 0 Å². The summed E-state index contributed by atoms with van der Waals surface area (Å²) in [5.74, 6) is 0.108. The Bertz CT molecular complexity index is 386. The highest BCUT2D eigenvalue weighted by Crippen LogP contribution is 2.24. The van der Waals surface area contributed by atoms with Gasteiger partial charge in [-0.25, -0.2) is 0 Å². The quantitative estimate of drug-likeness (QED) is 0.813. The van der Waals surface area contributed by atoms with E-state index in [1.807, 2.05) is 24.3 Å². The third kappa shape index (κ3) is 3.07. The van der Waals surface area contributed by atoms with Gasteiger partial charge in [-0.2, -0.15) is 0 Å². The first kappa shape index (κ1) is 12.1. The van der Waals surface area contributed by atoms with E-state index in [0.29, 0.717) is 12.1 Å². The van der Waals surface area contributed by atoms with Gasteiger partial charge in [0.25, 0.3) is 0 Å². The van der Waals surface area contributed by atoms with Crippen LogP contribution in [0.1, 0.15) is 36.5 Å². The van der Waals surface area contributed by atoms with Crippen LogP contribution in [0.25, 0.3) is 0 Å². The van der Waals surface area contributed by atoms with Gasteiger partial charge in [0.2, 0.25) is 0 Å². The second kappa shape index (κ2) is 5.32. The number of hydrogen-bond donors (Lipinski definition) is 1. The fraction of sp³-hybridized carbons (Fsp3) is 0.500. The third-order valence-corrected chi connectivity index (χ3v) is 3.38. The largest absolute Gasteiger partial charge is 0.382 e. The highest BCUT2D eigenvalue weighted by molar-refractivity contribution is 5.94. The minimum absolute atomic E-state index is 0.108. The summed E-state index contributed by atoms with van der Waals surface area (Å²) in [6.45, 7) is 1.59. The van der Waals surface area contributed by atoms with Crippen molar-refractivity contribution in [3.05, 3.63) is 29.8 Å². The molecular weight excluding hydrogens is 214 g/mol. The lowest BCUT2D eigenvalue weighted by Gasteiger charge is -2.14. The highest BCUT2D eigenvalue weighted by atomic mass is 16.5. The van der Waals surface area contributed by atoms with Gasteiger partial charge in [-0.3, -0.25) is 4.79 Å². The summed E-state index contributed by atoms with van der Waals surface area (Å²) in [7, 11) is 1.77. The molecule has 92 valence electrons. The molecule has 0 saturated heterocycles. The Labute approximate surface area is 102 Å².